The minimum absolute atomic E-state index is 0.176. The van der Waals surface area contributed by atoms with Crippen LogP contribution in [0.25, 0.3) is 0 Å². The molecular formula is C15H19FN4O2S. The zero-order valence-corrected chi connectivity index (χ0v) is 14.0. The third kappa shape index (κ3) is 4.22. The number of H-pyrrole nitrogens is 1. The molecule has 2 rings (SSSR count). The van der Waals surface area contributed by atoms with E-state index in [2.05, 4.69) is 15.5 Å². The monoisotopic (exact) mass is 338 g/mol. The molecule has 8 heteroatoms. The Morgan fingerprint density at radius 2 is 2.04 bits per heavy atom. The van der Waals surface area contributed by atoms with E-state index in [1.807, 2.05) is 13.8 Å². The quantitative estimate of drug-likeness (QED) is 0.791. The van der Waals surface area contributed by atoms with Crippen LogP contribution in [0.15, 0.2) is 34.2 Å². The molecule has 1 amide bonds. The number of hydrogen-bond acceptors (Lipinski definition) is 4. The number of hydrogen-bond donors (Lipinski definition) is 2. The molecule has 0 aliphatic carbocycles. The normalized spacial score (nSPS) is 13.6. The highest BCUT2D eigenvalue weighted by Crippen LogP contribution is 2.21. The average Bonchev–Trinajstić information content (AvgIpc) is 2.87. The van der Waals surface area contributed by atoms with Crippen LogP contribution in [0.5, 0.6) is 0 Å². The van der Waals surface area contributed by atoms with E-state index in [0.29, 0.717) is 11.7 Å². The molecule has 0 saturated heterocycles. The first kappa shape index (κ1) is 17.3. The minimum atomic E-state index is -0.418. The Balaban J connectivity index is 1.99. The Labute approximate surface area is 137 Å². The van der Waals surface area contributed by atoms with Crippen molar-refractivity contribution in [3.8, 4) is 0 Å². The molecule has 0 bridgehead atoms. The first-order chi connectivity index (χ1) is 10.9. The van der Waals surface area contributed by atoms with Crippen molar-refractivity contribution < 1.29 is 9.18 Å². The minimum Gasteiger partial charge on any atom is -0.349 e. The van der Waals surface area contributed by atoms with Gasteiger partial charge in [-0.1, -0.05) is 23.9 Å². The van der Waals surface area contributed by atoms with Crippen LogP contribution in [0.3, 0.4) is 0 Å². The second kappa shape index (κ2) is 7.45. The Hall–Kier alpha value is -2.09. The Morgan fingerprint density at radius 3 is 2.65 bits per heavy atom. The fourth-order valence-electron chi connectivity index (χ4n) is 2.05. The third-order valence-corrected chi connectivity index (χ3v) is 4.51. The molecule has 2 N–H and O–H groups in total. The van der Waals surface area contributed by atoms with E-state index in [1.54, 1.807) is 19.1 Å². The van der Waals surface area contributed by atoms with Crippen molar-refractivity contribution in [2.24, 2.45) is 0 Å². The van der Waals surface area contributed by atoms with Crippen molar-refractivity contribution >= 4 is 17.7 Å². The number of nitrogens with one attached hydrogen (secondary N) is 2. The van der Waals surface area contributed by atoms with Crippen molar-refractivity contribution in [1.29, 1.82) is 0 Å². The van der Waals surface area contributed by atoms with Crippen LogP contribution in [0.1, 0.15) is 32.4 Å². The molecule has 0 fully saturated rings. The summed E-state index contributed by atoms with van der Waals surface area (Å²) in [5, 5.41) is 9.23. The van der Waals surface area contributed by atoms with Gasteiger partial charge in [0.05, 0.1) is 11.3 Å². The molecule has 0 unspecified atom stereocenters. The van der Waals surface area contributed by atoms with Crippen LogP contribution in [0.4, 0.5) is 4.39 Å². The van der Waals surface area contributed by atoms with Crippen molar-refractivity contribution in [1.82, 2.24) is 20.1 Å². The molecule has 23 heavy (non-hydrogen) atoms. The Bertz CT molecular complexity index is 726. The average molecular weight is 338 g/mol. The van der Waals surface area contributed by atoms with Crippen molar-refractivity contribution in [2.45, 2.75) is 43.8 Å². The van der Waals surface area contributed by atoms with Gasteiger partial charge in [0.15, 0.2) is 5.16 Å². The number of halogens is 1. The first-order valence-electron chi connectivity index (χ1n) is 7.30. The summed E-state index contributed by atoms with van der Waals surface area (Å²) < 4.78 is 14.4. The zero-order valence-electron chi connectivity index (χ0n) is 13.2. The number of nitrogens with zero attached hydrogens (tertiary/aromatic N) is 2. The summed E-state index contributed by atoms with van der Waals surface area (Å²) in [7, 11) is 0. The lowest BCUT2D eigenvalue weighted by atomic mass is 10.1. The highest BCUT2D eigenvalue weighted by atomic mass is 32.2. The molecule has 0 saturated carbocycles. The van der Waals surface area contributed by atoms with Crippen LogP contribution in [-0.4, -0.2) is 25.9 Å². The highest BCUT2D eigenvalue weighted by molar-refractivity contribution is 8.00. The van der Waals surface area contributed by atoms with E-state index in [-0.39, 0.29) is 23.5 Å². The number of rotatable bonds is 6. The molecule has 1 heterocycles. The predicted molar refractivity (Wildman–Crippen MR) is 86.8 cm³/mol. The first-order valence-corrected chi connectivity index (χ1v) is 8.18. The maximum atomic E-state index is 12.9. The molecule has 0 spiro atoms. The molecule has 6 nitrogen and oxygen atoms in total. The Morgan fingerprint density at radius 1 is 1.39 bits per heavy atom. The van der Waals surface area contributed by atoms with Gasteiger partial charge < -0.3 is 5.32 Å². The molecule has 0 radical (unpaired) electrons. The summed E-state index contributed by atoms with van der Waals surface area (Å²) in [5.74, 6) is -0.489. The molecule has 0 aliphatic heterocycles. The summed E-state index contributed by atoms with van der Waals surface area (Å²) in [6.45, 7) is 5.90. The van der Waals surface area contributed by atoms with E-state index < -0.39 is 5.25 Å². The van der Waals surface area contributed by atoms with Gasteiger partial charge >= 0.3 is 5.69 Å². The van der Waals surface area contributed by atoms with E-state index in [4.69, 9.17) is 0 Å². The maximum absolute atomic E-state index is 12.9. The van der Waals surface area contributed by atoms with Crippen LogP contribution in [-0.2, 0) is 11.3 Å². The zero-order chi connectivity index (χ0) is 17.0. The largest absolute Gasteiger partial charge is 0.349 e. The van der Waals surface area contributed by atoms with Crippen molar-refractivity contribution in [3.63, 3.8) is 0 Å². The van der Waals surface area contributed by atoms with E-state index >= 15 is 0 Å². The lowest BCUT2D eigenvalue weighted by Crippen LogP contribution is -2.33. The van der Waals surface area contributed by atoms with Gasteiger partial charge in [-0.15, -0.1) is 5.10 Å². The maximum Gasteiger partial charge on any atom is 0.343 e. The number of amides is 1. The van der Waals surface area contributed by atoms with Gasteiger partial charge in [-0.05, 0) is 38.5 Å². The van der Waals surface area contributed by atoms with Crippen LogP contribution >= 0.6 is 11.8 Å². The van der Waals surface area contributed by atoms with Gasteiger partial charge in [0.1, 0.15) is 5.82 Å². The highest BCUT2D eigenvalue weighted by Gasteiger charge is 2.20. The number of carbonyl (C=O) groups excluding carboxylic acids is 1. The van der Waals surface area contributed by atoms with Crippen LogP contribution < -0.4 is 11.0 Å². The Kier molecular flexibility index (Phi) is 5.59. The lowest BCUT2D eigenvalue weighted by Gasteiger charge is -2.17. The smallest absolute Gasteiger partial charge is 0.343 e. The SMILES string of the molecule is CCn1c(S[C@H](C)C(=O)N[C@@H](C)c2ccc(F)cc2)n[nH]c1=O. The number of aromatic amines is 1. The van der Waals surface area contributed by atoms with Gasteiger partial charge in [-0.3, -0.25) is 9.36 Å². The second-order valence-corrected chi connectivity index (χ2v) is 6.41. The molecule has 124 valence electrons. The molecular weight excluding hydrogens is 319 g/mol. The van der Waals surface area contributed by atoms with E-state index in [0.717, 1.165) is 5.56 Å². The predicted octanol–water partition coefficient (Wildman–Crippen LogP) is 2.09. The second-order valence-electron chi connectivity index (χ2n) is 5.10. The number of carbonyl (C=O) groups is 1. The molecule has 1 aromatic carbocycles. The number of thioether (sulfide) groups is 1. The van der Waals surface area contributed by atoms with E-state index in [9.17, 15) is 14.0 Å². The summed E-state index contributed by atoms with van der Waals surface area (Å²) in [6.07, 6.45) is 0. The number of benzene rings is 1. The summed E-state index contributed by atoms with van der Waals surface area (Å²) >= 11 is 1.21. The van der Waals surface area contributed by atoms with Crippen LogP contribution in [0.2, 0.25) is 0 Å². The van der Waals surface area contributed by atoms with Crippen molar-refractivity contribution in [2.75, 3.05) is 0 Å². The molecule has 0 aliphatic rings. The summed E-state index contributed by atoms with van der Waals surface area (Å²) in [5.41, 5.74) is 0.532. The summed E-state index contributed by atoms with van der Waals surface area (Å²) in [4.78, 5) is 23.8. The molecule has 1 aromatic heterocycles. The molecule has 2 aromatic rings. The van der Waals surface area contributed by atoms with Gasteiger partial charge in [0.2, 0.25) is 5.91 Å². The fraction of sp³-hybridized carbons (Fsp3) is 0.400. The standard InChI is InChI=1S/C15H19FN4O2S/c1-4-20-14(22)18-19-15(20)23-10(3)13(21)17-9(2)11-5-7-12(16)8-6-11/h5-10H,4H2,1-3H3,(H,17,21)(H,18,22)/t9-,10+/m0/s1. The van der Waals surface area contributed by atoms with Gasteiger partial charge in [0.25, 0.3) is 0 Å². The van der Waals surface area contributed by atoms with E-state index in [1.165, 1.54) is 28.5 Å². The van der Waals surface area contributed by atoms with Gasteiger partial charge in [-0.2, -0.15) is 0 Å². The topological polar surface area (TPSA) is 79.8 Å². The number of aromatic nitrogens is 3. The van der Waals surface area contributed by atoms with Crippen molar-refractivity contribution in [3.05, 3.63) is 46.1 Å². The fourth-order valence-corrected chi connectivity index (χ4v) is 2.98. The third-order valence-electron chi connectivity index (χ3n) is 3.42. The summed E-state index contributed by atoms with van der Waals surface area (Å²) in [6, 6.07) is 5.76. The van der Waals surface area contributed by atoms with Gasteiger partial charge in [-0.25, -0.2) is 14.3 Å². The molecule has 2 atom stereocenters. The lowest BCUT2D eigenvalue weighted by molar-refractivity contribution is -0.120. The van der Waals surface area contributed by atoms with Gasteiger partial charge in [0, 0.05) is 6.54 Å². The van der Waals surface area contributed by atoms with Crippen LogP contribution in [0, 0.1) is 5.82 Å².